The van der Waals surface area contributed by atoms with Gasteiger partial charge < -0.3 is 14.7 Å². The Morgan fingerprint density at radius 1 is 1.06 bits per heavy atom. The lowest BCUT2D eigenvalue weighted by Crippen LogP contribution is -2.31. The highest BCUT2D eigenvalue weighted by Crippen LogP contribution is 2.39. The highest BCUT2D eigenvalue weighted by Gasteiger charge is 2.45. The lowest BCUT2D eigenvalue weighted by molar-refractivity contribution is -0.140. The van der Waals surface area contributed by atoms with E-state index in [2.05, 4.69) is 0 Å². The summed E-state index contributed by atoms with van der Waals surface area (Å²) in [5, 5.41) is 11.0. The van der Waals surface area contributed by atoms with Gasteiger partial charge in [0.05, 0.1) is 16.5 Å². The normalized spacial score (nSPS) is 18.5. The van der Waals surface area contributed by atoms with E-state index in [4.69, 9.17) is 4.74 Å². The number of benzene rings is 2. The van der Waals surface area contributed by atoms with Crippen LogP contribution in [-0.4, -0.2) is 68.8 Å². The largest absolute Gasteiger partial charge is 0.507 e. The van der Waals surface area contributed by atoms with E-state index in [1.807, 2.05) is 6.07 Å². The Bertz CT molecular complexity index is 1120. The number of carbonyl (C=O) groups is 2. The summed E-state index contributed by atoms with van der Waals surface area (Å²) in [6, 6.07) is 13.8. The molecule has 1 heterocycles. The van der Waals surface area contributed by atoms with Crippen molar-refractivity contribution in [3.8, 4) is 0 Å². The highest BCUT2D eigenvalue weighted by atomic mass is 32.2. The SMILES string of the molecule is COCCCN1C(=O)C(=O)/C(=C(/O)c2ccc(S(=O)(=O)N(C)C)cc2)[C@@H]1c1ccccc1. The van der Waals surface area contributed by atoms with E-state index in [-0.39, 0.29) is 28.3 Å². The topological polar surface area (TPSA) is 104 Å². The third-order valence-corrected chi connectivity index (χ3v) is 7.14. The van der Waals surface area contributed by atoms with Crippen molar-refractivity contribution in [1.29, 1.82) is 0 Å². The molecule has 0 spiro atoms. The summed E-state index contributed by atoms with van der Waals surface area (Å²) in [5.74, 6) is -1.82. The fourth-order valence-electron chi connectivity index (χ4n) is 3.62. The van der Waals surface area contributed by atoms with Crippen molar-refractivity contribution in [3.63, 3.8) is 0 Å². The first-order chi connectivity index (χ1) is 15.2. The Morgan fingerprint density at radius 3 is 2.25 bits per heavy atom. The Labute approximate surface area is 187 Å². The van der Waals surface area contributed by atoms with Crippen LogP contribution in [0.2, 0.25) is 0 Å². The molecule has 2 aromatic rings. The van der Waals surface area contributed by atoms with Gasteiger partial charge in [0, 0.05) is 39.9 Å². The van der Waals surface area contributed by atoms with E-state index in [9.17, 15) is 23.1 Å². The third kappa shape index (κ3) is 4.45. The zero-order chi connectivity index (χ0) is 23.5. The number of ketones is 1. The van der Waals surface area contributed by atoms with Crippen LogP contribution in [0.4, 0.5) is 0 Å². The number of Topliss-reactive ketones (excluding diaryl/α,β-unsaturated/α-hetero) is 1. The standard InChI is InChI=1S/C23H26N2O6S/c1-24(2)32(29,30)18-12-10-17(11-13-18)21(26)19-20(16-8-5-4-6-9-16)25(14-7-15-31-3)23(28)22(19)27/h4-6,8-13,20,26H,7,14-15H2,1-3H3/b21-19+/t20-/m0/s1. The quantitative estimate of drug-likeness (QED) is 0.282. The lowest BCUT2D eigenvalue weighted by Gasteiger charge is -2.25. The van der Waals surface area contributed by atoms with Crippen molar-refractivity contribution in [2.75, 3.05) is 34.4 Å². The number of methoxy groups -OCH3 is 1. The van der Waals surface area contributed by atoms with Crippen molar-refractivity contribution in [3.05, 3.63) is 71.3 Å². The van der Waals surface area contributed by atoms with Gasteiger partial charge in [0.1, 0.15) is 5.76 Å². The molecule has 0 bridgehead atoms. The van der Waals surface area contributed by atoms with E-state index < -0.39 is 27.8 Å². The number of carbonyl (C=O) groups excluding carboxylic acids is 2. The fraction of sp³-hybridized carbons (Fsp3) is 0.304. The van der Waals surface area contributed by atoms with Gasteiger partial charge in [0.25, 0.3) is 11.7 Å². The molecular formula is C23H26N2O6S. The van der Waals surface area contributed by atoms with Crippen LogP contribution in [0, 0.1) is 0 Å². The molecular weight excluding hydrogens is 432 g/mol. The maximum Gasteiger partial charge on any atom is 0.295 e. The first-order valence-corrected chi connectivity index (χ1v) is 11.5. The Hall–Kier alpha value is -3.01. The number of hydrogen-bond acceptors (Lipinski definition) is 6. The van der Waals surface area contributed by atoms with Gasteiger partial charge in [-0.25, -0.2) is 12.7 Å². The van der Waals surface area contributed by atoms with Crippen molar-refractivity contribution < 1.29 is 27.9 Å². The summed E-state index contributed by atoms with van der Waals surface area (Å²) < 4.78 is 30.8. The summed E-state index contributed by atoms with van der Waals surface area (Å²) in [7, 11) is 0.769. The monoisotopic (exact) mass is 458 g/mol. The summed E-state index contributed by atoms with van der Waals surface area (Å²) in [6.45, 7) is 0.709. The van der Waals surface area contributed by atoms with E-state index in [1.54, 1.807) is 31.4 Å². The Morgan fingerprint density at radius 2 is 1.69 bits per heavy atom. The van der Waals surface area contributed by atoms with Crippen LogP contribution in [0.5, 0.6) is 0 Å². The second kappa shape index (κ2) is 9.64. The predicted molar refractivity (Wildman–Crippen MR) is 119 cm³/mol. The summed E-state index contributed by atoms with van der Waals surface area (Å²) in [6.07, 6.45) is 0.532. The highest BCUT2D eigenvalue weighted by molar-refractivity contribution is 7.89. The number of aliphatic hydroxyl groups excluding tert-OH is 1. The summed E-state index contributed by atoms with van der Waals surface area (Å²) in [5.41, 5.74) is 0.915. The van der Waals surface area contributed by atoms with Crippen LogP contribution in [-0.2, 0) is 24.3 Å². The molecule has 1 aliphatic heterocycles. The number of aliphatic hydroxyl groups is 1. The number of ether oxygens (including phenoxy) is 1. The van der Waals surface area contributed by atoms with Crippen LogP contribution in [0.15, 0.2) is 65.1 Å². The Balaban J connectivity index is 2.07. The molecule has 0 radical (unpaired) electrons. The van der Waals surface area contributed by atoms with Gasteiger partial charge in [-0.05, 0) is 36.2 Å². The van der Waals surface area contributed by atoms with E-state index in [1.165, 1.54) is 43.3 Å². The molecule has 32 heavy (non-hydrogen) atoms. The molecule has 170 valence electrons. The van der Waals surface area contributed by atoms with Gasteiger partial charge in [-0.2, -0.15) is 0 Å². The average molecular weight is 459 g/mol. The number of rotatable bonds is 8. The molecule has 0 saturated carbocycles. The Kier molecular flexibility index (Phi) is 7.12. The van der Waals surface area contributed by atoms with Crippen LogP contribution in [0.25, 0.3) is 5.76 Å². The summed E-state index contributed by atoms with van der Waals surface area (Å²) in [4.78, 5) is 27.2. The molecule has 3 rings (SSSR count). The molecule has 1 N–H and O–H groups in total. The predicted octanol–water partition coefficient (Wildman–Crippen LogP) is 2.40. The van der Waals surface area contributed by atoms with Gasteiger partial charge in [-0.15, -0.1) is 0 Å². The number of likely N-dealkylation sites (tertiary alicyclic amines) is 1. The van der Waals surface area contributed by atoms with Crippen molar-refractivity contribution >= 4 is 27.5 Å². The van der Waals surface area contributed by atoms with Crippen molar-refractivity contribution in [2.45, 2.75) is 17.4 Å². The minimum absolute atomic E-state index is 0.0261. The van der Waals surface area contributed by atoms with Crippen LogP contribution in [0.1, 0.15) is 23.6 Å². The van der Waals surface area contributed by atoms with Gasteiger partial charge in [0.15, 0.2) is 0 Å². The third-order valence-electron chi connectivity index (χ3n) is 5.31. The van der Waals surface area contributed by atoms with Gasteiger partial charge >= 0.3 is 0 Å². The smallest absolute Gasteiger partial charge is 0.295 e. The van der Waals surface area contributed by atoms with Crippen LogP contribution >= 0.6 is 0 Å². The molecule has 0 unspecified atom stereocenters. The fourth-order valence-corrected chi connectivity index (χ4v) is 4.52. The molecule has 0 aliphatic carbocycles. The van der Waals surface area contributed by atoms with E-state index >= 15 is 0 Å². The first kappa shape index (κ1) is 23.6. The molecule has 1 saturated heterocycles. The number of nitrogens with zero attached hydrogens (tertiary/aromatic N) is 2. The van der Waals surface area contributed by atoms with Crippen molar-refractivity contribution in [1.82, 2.24) is 9.21 Å². The minimum atomic E-state index is -3.64. The lowest BCUT2D eigenvalue weighted by atomic mass is 9.95. The first-order valence-electron chi connectivity index (χ1n) is 10.1. The van der Waals surface area contributed by atoms with Gasteiger partial charge in [0.2, 0.25) is 10.0 Å². The number of hydrogen-bond donors (Lipinski definition) is 1. The summed E-state index contributed by atoms with van der Waals surface area (Å²) >= 11 is 0. The second-order valence-electron chi connectivity index (χ2n) is 7.56. The number of amides is 1. The molecule has 1 fully saturated rings. The maximum atomic E-state index is 12.9. The average Bonchev–Trinajstić information content (AvgIpc) is 3.04. The van der Waals surface area contributed by atoms with Gasteiger partial charge in [-0.3, -0.25) is 9.59 Å². The van der Waals surface area contributed by atoms with Crippen molar-refractivity contribution in [2.24, 2.45) is 0 Å². The number of sulfonamides is 1. The van der Waals surface area contributed by atoms with Gasteiger partial charge in [-0.1, -0.05) is 30.3 Å². The molecule has 1 amide bonds. The molecule has 8 nitrogen and oxygen atoms in total. The molecule has 0 aromatic heterocycles. The van der Waals surface area contributed by atoms with E-state index in [0.717, 1.165) is 4.31 Å². The van der Waals surface area contributed by atoms with Crippen LogP contribution < -0.4 is 0 Å². The minimum Gasteiger partial charge on any atom is -0.507 e. The maximum absolute atomic E-state index is 12.9. The molecule has 2 aromatic carbocycles. The molecule has 1 atom stereocenters. The van der Waals surface area contributed by atoms with Crippen LogP contribution in [0.3, 0.4) is 0 Å². The molecule has 9 heteroatoms. The van der Waals surface area contributed by atoms with E-state index in [0.29, 0.717) is 18.6 Å². The zero-order valence-corrected chi connectivity index (χ0v) is 19.0. The zero-order valence-electron chi connectivity index (χ0n) is 18.2. The second-order valence-corrected chi connectivity index (χ2v) is 9.71. The molecule has 1 aliphatic rings.